The van der Waals surface area contributed by atoms with Crippen molar-refractivity contribution in [2.45, 2.75) is 62.6 Å². The van der Waals surface area contributed by atoms with Gasteiger partial charge in [-0.05, 0) is 91.8 Å². The summed E-state index contributed by atoms with van der Waals surface area (Å²) in [4.78, 5) is 68.4. The molecule has 14 heteroatoms. The highest BCUT2D eigenvalue weighted by Crippen LogP contribution is 2.38. The van der Waals surface area contributed by atoms with Crippen LogP contribution in [0, 0.1) is 5.82 Å². The molecular formula is C42H40FN9O4. The van der Waals surface area contributed by atoms with Gasteiger partial charge < -0.3 is 9.80 Å². The predicted octanol–water partition coefficient (Wildman–Crippen LogP) is 4.74. The van der Waals surface area contributed by atoms with E-state index in [4.69, 9.17) is 10.1 Å². The number of aromatic nitrogens is 4. The minimum absolute atomic E-state index is 0.0609. The highest BCUT2D eigenvalue weighted by atomic mass is 19.1. The van der Waals surface area contributed by atoms with Crippen LogP contribution < -0.4 is 15.1 Å². The summed E-state index contributed by atoms with van der Waals surface area (Å²) in [5.41, 5.74) is 4.97. The molecule has 4 saturated heterocycles. The average molecular weight is 754 g/mol. The number of carbonyl (C=O) groups is 4. The van der Waals surface area contributed by atoms with Crippen LogP contribution in [0.5, 0.6) is 0 Å². The predicted molar refractivity (Wildman–Crippen MR) is 205 cm³/mol. The summed E-state index contributed by atoms with van der Waals surface area (Å²) in [5, 5.41) is 7.28. The number of carbonyl (C=O) groups excluding carboxylic acids is 4. The molecule has 13 nitrogen and oxygen atoms in total. The first-order valence-corrected chi connectivity index (χ1v) is 19.5. The molecule has 3 aromatic heterocycles. The lowest BCUT2D eigenvalue weighted by Crippen LogP contribution is -2.54. The molecule has 10 rings (SSSR count). The maximum absolute atomic E-state index is 14.1. The number of imide groups is 2. The minimum atomic E-state index is -0.967. The number of rotatable bonds is 7. The Kier molecular flexibility index (Phi) is 8.38. The number of hydrogen-bond donors (Lipinski definition) is 1. The molecule has 1 N–H and O–H groups in total. The van der Waals surface area contributed by atoms with Crippen LogP contribution >= 0.6 is 0 Å². The van der Waals surface area contributed by atoms with E-state index >= 15 is 0 Å². The summed E-state index contributed by atoms with van der Waals surface area (Å²) in [6.07, 6.45) is 6.00. The van der Waals surface area contributed by atoms with Gasteiger partial charge in [0.1, 0.15) is 29.2 Å². The van der Waals surface area contributed by atoms with E-state index in [1.165, 1.54) is 6.07 Å². The van der Waals surface area contributed by atoms with Gasteiger partial charge in [0.2, 0.25) is 11.8 Å². The van der Waals surface area contributed by atoms with Gasteiger partial charge in [-0.2, -0.15) is 0 Å². The van der Waals surface area contributed by atoms with Crippen LogP contribution in [0.2, 0.25) is 0 Å². The fraction of sp³-hybridized carbons (Fsp3) is 0.357. The van der Waals surface area contributed by atoms with E-state index in [0.717, 1.165) is 103 Å². The van der Waals surface area contributed by atoms with Crippen LogP contribution in [0.4, 0.5) is 16.0 Å². The zero-order valence-corrected chi connectivity index (χ0v) is 30.7. The van der Waals surface area contributed by atoms with Crippen molar-refractivity contribution in [3.05, 3.63) is 107 Å². The van der Waals surface area contributed by atoms with Gasteiger partial charge in [-0.15, -0.1) is 5.10 Å². The summed E-state index contributed by atoms with van der Waals surface area (Å²) in [5.74, 6) is -0.173. The van der Waals surface area contributed by atoms with E-state index in [1.54, 1.807) is 18.2 Å². The number of fused-ring (bicyclic) bond motifs is 2. The molecule has 4 fully saturated rings. The second-order valence-electron chi connectivity index (χ2n) is 15.5. The second kappa shape index (κ2) is 13.6. The highest BCUT2D eigenvalue weighted by molar-refractivity contribution is 6.23. The number of amides is 4. The molecule has 0 saturated carbocycles. The summed E-state index contributed by atoms with van der Waals surface area (Å²) in [7, 11) is 0. The first-order valence-electron chi connectivity index (χ1n) is 19.5. The van der Waals surface area contributed by atoms with E-state index in [-0.39, 0.29) is 36.5 Å². The quantitative estimate of drug-likeness (QED) is 0.232. The van der Waals surface area contributed by atoms with Crippen LogP contribution in [0.25, 0.3) is 17.0 Å². The third-order valence-corrected chi connectivity index (χ3v) is 12.3. The summed E-state index contributed by atoms with van der Waals surface area (Å²) < 4.78 is 16.0. The highest BCUT2D eigenvalue weighted by Gasteiger charge is 2.45. The number of halogens is 1. The van der Waals surface area contributed by atoms with Crippen molar-refractivity contribution in [2.24, 2.45) is 0 Å². The third kappa shape index (κ3) is 5.90. The lowest BCUT2D eigenvalue weighted by molar-refractivity contribution is -0.136. The molecule has 2 aromatic carbocycles. The number of imidazole rings is 1. The fourth-order valence-corrected chi connectivity index (χ4v) is 9.26. The van der Waals surface area contributed by atoms with Crippen molar-refractivity contribution in [1.29, 1.82) is 0 Å². The zero-order chi connectivity index (χ0) is 38.1. The number of pyridine rings is 1. The molecule has 5 aromatic rings. The second-order valence-corrected chi connectivity index (χ2v) is 15.5. The van der Waals surface area contributed by atoms with Crippen LogP contribution in [-0.4, -0.2) is 97.8 Å². The Morgan fingerprint density at radius 2 is 1.57 bits per heavy atom. The van der Waals surface area contributed by atoms with Gasteiger partial charge in [0, 0.05) is 51.1 Å². The Morgan fingerprint density at radius 3 is 2.39 bits per heavy atom. The Labute approximate surface area is 322 Å². The van der Waals surface area contributed by atoms with Crippen LogP contribution in [0.15, 0.2) is 79.0 Å². The Bertz CT molecular complexity index is 2420. The standard InChI is InChI=1S/C42H40FN9O4/c43-28-5-1-4-26(20-28)33-7-3-17-50(33)38-13-12-36-44-22-35(52(36)47-38)32-6-2-8-37(45-32)48-18-15-29(16-19-48)49-23-27(24-49)25-9-10-30-31(21-25)42(56)51(41(30)55)34-11-14-39(53)46-40(34)54/h1-2,4-6,8-10,12-13,20-22,27,29,33-34H,3,7,11,14-19,23-24H2,(H,46,53,54)/t33-,34?/m1/s1. The minimum Gasteiger partial charge on any atom is -0.356 e. The van der Waals surface area contributed by atoms with Crippen LogP contribution in [0.1, 0.15) is 82.3 Å². The zero-order valence-electron chi connectivity index (χ0n) is 30.7. The lowest BCUT2D eigenvalue weighted by atomic mass is 9.86. The van der Waals surface area contributed by atoms with Crippen molar-refractivity contribution < 1.29 is 23.6 Å². The van der Waals surface area contributed by atoms with Crippen molar-refractivity contribution in [2.75, 3.05) is 42.5 Å². The van der Waals surface area contributed by atoms with Gasteiger partial charge >= 0.3 is 0 Å². The van der Waals surface area contributed by atoms with Gasteiger partial charge in [0.15, 0.2) is 5.65 Å². The first kappa shape index (κ1) is 34.5. The maximum Gasteiger partial charge on any atom is 0.262 e. The topological polar surface area (TPSA) is 136 Å². The molecule has 5 aliphatic heterocycles. The molecule has 4 amide bonds. The number of nitrogens with one attached hydrogen (secondary N) is 1. The van der Waals surface area contributed by atoms with E-state index in [1.807, 2.05) is 53.2 Å². The summed E-state index contributed by atoms with van der Waals surface area (Å²) >= 11 is 0. The molecule has 5 aliphatic rings. The van der Waals surface area contributed by atoms with Gasteiger partial charge in [-0.3, -0.25) is 34.3 Å². The van der Waals surface area contributed by atoms with Crippen molar-refractivity contribution in [3.8, 4) is 11.4 Å². The molecular weight excluding hydrogens is 714 g/mol. The molecule has 0 spiro atoms. The molecule has 1 unspecified atom stereocenters. The number of nitrogens with zero attached hydrogens (tertiary/aromatic N) is 8. The molecule has 56 heavy (non-hydrogen) atoms. The molecule has 0 radical (unpaired) electrons. The summed E-state index contributed by atoms with van der Waals surface area (Å²) in [6.45, 7) is 4.34. The Morgan fingerprint density at radius 1 is 0.750 bits per heavy atom. The first-order chi connectivity index (χ1) is 27.3. The largest absolute Gasteiger partial charge is 0.356 e. The molecule has 8 heterocycles. The smallest absolute Gasteiger partial charge is 0.262 e. The normalized spacial score (nSPS) is 22.3. The molecule has 284 valence electrons. The number of benzene rings is 2. The Hall–Kier alpha value is -6.02. The van der Waals surface area contributed by atoms with Crippen LogP contribution in [-0.2, 0) is 9.59 Å². The number of likely N-dealkylation sites (tertiary alicyclic amines) is 1. The fourth-order valence-electron chi connectivity index (χ4n) is 9.26. The maximum atomic E-state index is 14.1. The van der Waals surface area contributed by atoms with E-state index in [2.05, 4.69) is 31.1 Å². The van der Waals surface area contributed by atoms with Crippen molar-refractivity contribution >= 4 is 40.9 Å². The monoisotopic (exact) mass is 753 g/mol. The van der Waals surface area contributed by atoms with Gasteiger partial charge in [0.05, 0.1) is 29.1 Å². The van der Waals surface area contributed by atoms with E-state index in [0.29, 0.717) is 17.2 Å². The molecule has 2 atom stereocenters. The van der Waals surface area contributed by atoms with Gasteiger partial charge in [0.25, 0.3) is 11.8 Å². The van der Waals surface area contributed by atoms with Gasteiger partial charge in [-0.1, -0.05) is 24.3 Å². The molecule has 0 bridgehead atoms. The van der Waals surface area contributed by atoms with Crippen LogP contribution in [0.3, 0.4) is 0 Å². The SMILES string of the molecule is O=C1CCC(N2C(=O)c3ccc(C4CN(C5CCN(c6cccc(-c7cnc8ccc(N9CCC[C@@H]9c9cccc(F)c9)nn78)n6)CC5)C4)cc3C2=O)C(=O)N1. The molecule has 0 aliphatic carbocycles. The Balaban J connectivity index is 0.780. The van der Waals surface area contributed by atoms with Crippen molar-refractivity contribution in [1.82, 2.24) is 34.7 Å². The van der Waals surface area contributed by atoms with E-state index in [9.17, 15) is 23.6 Å². The van der Waals surface area contributed by atoms with E-state index < -0.39 is 23.8 Å². The average Bonchev–Trinajstić information content (AvgIpc) is 3.91. The van der Waals surface area contributed by atoms with Crippen molar-refractivity contribution in [3.63, 3.8) is 0 Å². The number of piperidine rings is 2. The third-order valence-electron chi connectivity index (χ3n) is 12.3. The summed E-state index contributed by atoms with van der Waals surface area (Å²) in [6, 6.07) is 21.9. The van der Waals surface area contributed by atoms with Gasteiger partial charge in [-0.25, -0.2) is 18.9 Å². The lowest BCUT2D eigenvalue weighted by Gasteiger charge is -2.47. The number of anilines is 2. The number of hydrogen-bond acceptors (Lipinski definition) is 10.